The summed E-state index contributed by atoms with van der Waals surface area (Å²) in [4.78, 5) is 10.9. The molecule has 0 bridgehead atoms. The third kappa shape index (κ3) is 13.2. The summed E-state index contributed by atoms with van der Waals surface area (Å²) in [6.07, 6.45) is 19.0. The molecule has 2 N–H and O–H groups in total. The van der Waals surface area contributed by atoms with Crippen LogP contribution in [0.3, 0.4) is 0 Å². The average Bonchev–Trinajstić information content (AvgIpc) is 2.80. The van der Waals surface area contributed by atoms with Gasteiger partial charge in [-0.1, -0.05) is 63.5 Å². The Morgan fingerprint density at radius 1 is 1.14 bits per heavy atom. The molecule has 1 aliphatic rings. The molecule has 4 heteroatoms. The van der Waals surface area contributed by atoms with E-state index in [0.717, 1.165) is 51.6 Å². The quantitative estimate of drug-likeness (QED) is 0.136. The largest absolute Gasteiger partial charge is 0.481 e. The van der Waals surface area contributed by atoms with E-state index >= 15 is 0 Å². The summed E-state index contributed by atoms with van der Waals surface area (Å²) in [5.41, 5.74) is 3.59. The van der Waals surface area contributed by atoms with Crippen molar-refractivity contribution in [3.05, 3.63) is 34.9 Å². The topological polar surface area (TPSA) is 66.8 Å². The van der Waals surface area contributed by atoms with E-state index in [9.17, 15) is 9.90 Å². The predicted octanol–water partition coefficient (Wildman–Crippen LogP) is 8.65. The van der Waals surface area contributed by atoms with Crippen LogP contribution in [0.4, 0.5) is 0 Å². The standard InChI is InChI=1S/C32H56O4/c1-8-9-23-36-30-28(6)26(4)18-20-29(30)19-17-25(3)14-10-13-24(2)15-11-21-32(7,35)22-12-16-27(5)31(33)34/h13,18,20,25,27-28,30,35H,8-12,14-17,19,21-23H2,1-7H3,(H,33,34)/b24-13+. The molecule has 36 heavy (non-hydrogen) atoms. The number of hydrogen-bond acceptors (Lipinski definition) is 3. The van der Waals surface area contributed by atoms with Crippen LogP contribution in [0.15, 0.2) is 34.9 Å². The fourth-order valence-electron chi connectivity index (χ4n) is 4.94. The molecule has 208 valence electrons. The van der Waals surface area contributed by atoms with Crippen LogP contribution < -0.4 is 0 Å². The molecule has 1 aliphatic carbocycles. The highest BCUT2D eigenvalue weighted by atomic mass is 16.5. The number of carboxylic acid groups (broad SMARTS) is 1. The van der Waals surface area contributed by atoms with E-state index in [1.165, 1.54) is 36.0 Å². The average molecular weight is 505 g/mol. The van der Waals surface area contributed by atoms with Crippen LogP contribution in [-0.2, 0) is 9.53 Å². The van der Waals surface area contributed by atoms with Crippen molar-refractivity contribution in [2.75, 3.05) is 6.61 Å². The summed E-state index contributed by atoms with van der Waals surface area (Å²) in [5, 5.41) is 19.6. The lowest BCUT2D eigenvalue weighted by molar-refractivity contribution is -0.141. The van der Waals surface area contributed by atoms with Gasteiger partial charge in [0.05, 0.1) is 17.6 Å². The van der Waals surface area contributed by atoms with E-state index in [2.05, 4.69) is 52.8 Å². The van der Waals surface area contributed by atoms with Gasteiger partial charge in [-0.25, -0.2) is 0 Å². The van der Waals surface area contributed by atoms with E-state index in [0.29, 0.717) is 24.7 Å². The highest BCUT2D eigenvalue weighted by Gasteiger charge is 2.26. The zero-order chi connectivity index (χ0) is 27.1. The lowest BCUT2D eigenvalue weighted by Gasteiger charge is -2.31. The minimum Gasteiger partial charge on any atom is -0.481 e. The zero-order valence-electron chi connectivity index (χ0n) is 24.4. The predicted molar refractivity (Wildman–Crippen MR) is 152 cm³/mol. The first-order chi connectivity index (χ1) is 17.0. The van der Waals surface area contributed by atoms with Gasteiger partial charge in [0.15, 0.2) is 0 Å². The number of ether oxygens (including phenoxy) is 1. The number of unbranched alkanes of at least 4 members (excludes halogenated alkanes) is 1. The van der Waals surface area contributed by atoms with Crippen LogP contribution in [0, 0.1) is 17.8 Å². The molecular formula is C32H56O4. The monoisotopic (exact) mass is 504 g/mol. The minimum atomic E-state index is -0.752. The minimum absolute atomic E-state index is 0.244. The van der Waals surface area contributed by atoms with Crippen LogP contribution in [0.1, 0.15) is 126 Å². The van der Waals surface area contributed by atoms with Crippen molar-refractivity contribution in [3.8, 4) is 0 Å². The first kappa shape index (κ1) is 32.6. The molecule has 4 nitrogen and oxygen atoms in total. The van der Waals surface area contributed by atoms with E-state index in [4.69, 9.17) is 9.84 Å². The summed E-state index contributed by atoms with van der Waals surface area (Å²) in [6.45, 7) is 15.8. The molecule has 0 amide bonds. The molecule has 0 saturated heterocycles. The van der Waals surface area contributed by atoms with Crippen molar-refractivity contribution in [2.24, 2.45) is 17.8 Å². The fourth-order valence-corrected chi connectivity index (χ4v) is 4.94. The number of aliphatic carboxylic acids is 1. The van der Waals surface area contributed by atoms with E-state index < -0.39 is 11.6 Å². The highest BCUT2D eigenvalue weighted by Crippen LogP contribution is 2.32. The number of carboxylic acids is 1. The second-order valence-electron chi connectivity index (χ2n) is 11.8. The second-order valence-corrected chi connectivity index (χ2v) is 11.8. The summed E-state index contributed by atoms with van der Waals surface area (Å²) in [7, 11) is 0. The molecule has 5 atom stereocenters. The number of rotatable bonds is 19. The van der Waals surface area contributed by atoms with Crippen molar-refractivity contribution in [1.29, 1.82) is 0 Å². The van der Waals surface area contributed by atoms with Crippen LogP contribution in [-0.4, -0.2) is 34.5 Å². The first-order valence-corrected chi connectivity index (χ1v) is 14.6. The summed E-state index contributed by atoms with van der Waals surface area (Å²) in [5.74, 6) is 0.0653. The van der Waals surface area contributed by atoms with Crippen molar-refractivity contribution in [3.63, 3.8) is 0 Å². The Labute approximate surface area is 222 Å². The first-order valence-electron chi connectivity index (χ1n) is 14.6. The van der Waals surface area contributed by atoms with Gasteiger partial charge in [0, 0.05) is 12.5 Å². The Morgan fingerprint density at radius 3 is 2.50 bits per heavy atom. The van der Waals surface area contributed by atoms with Crippen molar-refractivity contribution < 1.29 is 19.7 Å². The van der Waals surface area contributed by atoms with E-state index in [1.54, 1.807) is 6.92 Å². The van der Waals surface area contributed by atoms with Gasteiger partial charge in [-0.3, -0.25) is 4.79 Å². The van der Waals surface area contributed by atoms with Gasteiger partial charge in [0.2, 0.25) is 0 Å². The van der Waals surface area contributed by atoms with Crippen molar-refractivity contribution in [2.45, 2.75) is 137 Å². The number of carbonyl (C=O) groups is 1. The molecule has 0 aliphatic heterocycles. The molecule has 0 aromatic heterocycles. The van der Waals surface area contributed by atoms with Gasteiger partial charge in [-0.15, -0.1) is 0 Å². The molecule has 0 saturated carbocycles. The number of aliphatic hydroxyl groups is 1. The molecule has 0 aromatic rings. The van der Waals surface area contributed by atoms with Gasteiger partial charge >= 0.3 is 5.97 Å². The summed E-state index contributed by atoms with van der Waals surface area (Å²) >= 11 is 0. The molecule has 0 aromatic carbocycles. The van der Waals surface area contributed by atoms with Gasteiger partial charge in [-0.2, -0.15) is 0 Å². The highest BCUT2D eigenvalue weighted by molar-refractivity contribution is 5.69. The Balaban J connectivity index is 2.33. The van der Waals surface area contributed by atoms with E-state index in [-0.39, 0.29) is 12.0 Å². The van der Waals surface area contributed by atoms with Gasteiger partial charge in [-0.05, 0) is 103 Å². The van der Waals surface area contributed by atoms with Crippen LogP contribution in [0.2, 0.25) is 0 Å². The maximum atomic E-state index is 10.9. The SMILES string of the molecule is CCCCOC1C(CCC(C)CC/C=C(\C)CCCC(C)(O)CCCC(C)C(=O)O)=CC=C(C)C1C. The van der Waals surface area contributed by atoms with Crippen LogP contribution in [0.25, 0.3) is 0 Å². The molecule has 0 fully saturated rings. The molecule has 1 rings (SSSR count). The number of allylic oxidation sites excluding steroid dienone is 4. The second kappa shape index (κ2) is 17.2. The Kier molecular flexibility index (Phi) is 15.6. The Hall–Kier alpha value is -1.39. The summed E-state index contributed by atoms with van der Waals surface area (Å²) in [6, 6.07) is 0. The summed E-state index contributed by atoms with van der Waals surface area (Å²) < 4.78 is 6.31. The molecule has 0 spiro atoms. The lowest BCUT2D eigenvalue weighted by Crippen LogP contribution is -2.28. The van der Waals surface area contributed by atoms with Crippen molar-refractivity contribution in [1.82, 2.24) is 0 Å². The molecule has 0 heterocycles. The van der Waals surface area contributed by atoms with Gasteiger partial charge in [0.1, 0.15) is 0 Å². The Bertz CT molecular complexity index is 730. The fraction of sp³-hybridized carbons (Fsp3) is 0.781. The third-order valence-electron chi connectivity index (χ3n) is 8.03. The lowest BCUT2D eigenvalue weighted by atomic mass is 9.83. The number of hydrogen-bond donors (Lipinski definition) is 2. The van der Waals surface area contributed by atoms with E-state index in [1.807, 2.05) is 6.92 Å². The third-order valence-corrected chi connectivity index (χ3v) is 8.03. The normalized spacial score (nSPS) is 21.9. The van der Waals surface area contributed by atoms with Crippen LogP contribution >= 0.6 is 0 Å². The maximum absolute atomic E-state index is 10.9. The zero-order valence-corrected chi connectivity index (χ0v) is 24.4. The van der Waals surface area contributed by atoms with Gasteiger partial charge < -0.3 is 14.9 Å². The Morgan fingerprint density at radius 2 is 1.83 bits per heavy atom. The maximum Gasteiger partial charge on any atom is 0.306 e. The van der Waals surface area contributed by atoms with Gasteiger partial charge in [0.25, 0.3) is 0 Å². The van der Waals surface area contributed by atoms with Crippen molar-refractivity contribution >= 4 is 5.97 Å². The molecule has 0 radical (unpaired) electrons. The molecular weight excluding hydrogens is 448 g/mol. The molecule has 5 unspecified atom stereocenters. The smallest absolute Gasteiger partial charge is 0.306 e. The van der Waals surface area contributed by atoms with Crippen LogP contribution in [0.5, 0.6) is 0 Å².